The molecular weight excluding hydrogens is 364 g/mol. The van der Waals surface area contributed by atoms with Crippen LogP contribution < -0.4 is 14.9 Å². The number of rotatable bonds is 6. The van der Waals surface area contributed by atoms with Gasteiger partial charge < -0.3 is 15.2 Å². The number of hydrogen-bond donors (Lipinski definition) is 3. The summed E-state index contributed by atoms with van der Waals surface area (Å²) in [5, 5.41) is 13.3. The van der Waals surface area contributed by atoms with Gasteiger partial charge in [-0.05, 0) is 25.3 Å². The van der Waals surface area contributed by atoms with Crippen molar-refractivity contribution in [3.05, 3.63) is 45.6 Å². The van der Waals surface area contributed by atoms with Crippen LogP contribution in [0.15, 0.2) is 35.1 Å². The van der Waals surface area contributed by atoms with E-state index in [-0.39, 0.29) is 23.6 Å². The minimum Gasteiger partial charge on any atom is -0.455 e. The number of nitrogens with one attached hydrogen (secondary N) is 2. The maximum absolute atomic E-state index is 11.9. The molecule has 0 radical (unpaired) electrons. The molecular formula is C19H22N4O3S. The Balaban J connectivity index is 1.69. The van der Waals surface area contributed by atoms with Gasteiger partial charge in [-0.25, -0.2) is 0 Å². The maximum Gasteiger partial charge on any atom is 0.321 e. The van der Waals surface area contributed by atoms with Crippen molar-refractivity contribution in [3.63, 3.8) is 0 Å². The number of thiazole rings is 1. The van der Waals surface area contributed by atoms with E-state index in [1.165, 1.54) is 0 Å². The van der Waals surface area contributed by atoms with Gasteiger partial charge in [0.1, 0.15) is 10.8 Å². The molecule has 0 aliphatic heterocycles. The first-order valence-electron chi connectivity index (χ1n) is 9.10. The summed E-state index contributed by atoms with van der Waals surface area (Å²) < 4.78 is 6.60. The molecule has 4 rings (SSSR count). The van der Waals surface area contributed by atoms with Crippen LogP contribution in [0, 0.1) is 0 Å². The van der Waals surface area contributed by atoms with Crippen LogP contribution in [0.1, 0.15) is 44.3 Å². The highest BCUT2D eigenvalue weighted by Gasteiger charge is 2.34. The summed E-state index contributed by atoms with van der Waals surface area (Å²) in [5.41, 5.74) is 1.05. The van der Waals surface area contributed by atoms with Crippen molar-refractivity contribution in [1.82, 2.24) is 15.0 Å². The van der Waals surface area contributed by atoms with E-state index in [1.807, 2.05) is 37.3 Å². The highest BCUT2D eigenvalue weighted by Crippen LogP contribution is 2.35. The van der Waals surface area contributed by atoms with Crippen LogP contribution in [0.4, 0.5) is 5.82 Å². The van der Waals surface area contributed by atoms with Gasteiger partial charge in [0.25, 0.3) is 0 Å². The lowest BCUT2D eigenvalue weighted by Crippen LogP contribution is -2.39. The second-order valence-corrected chi connectivity index (χ2v) is 7.97. The summed E-state index contributed by atoms with van der Waals surface area (Å²) in [7, 11) is 0. The Morgan fingerprint density at radius 1 is 1.30 bits per heavy atom. The van der Waals surface area contributed by atoms with E-state index in [1.54, 1.807) is 0 Å². The third-order valence-electron chi connectivity index (χ3n) is 5.06. The second-order valence-electron chi connectivity index (χ2n) is 6.99. The van der Waals surface area contributed by atoms with Gasteiger partial charge in [-0.2, -0.15) is 9.97 Å². The van der Waals surface area contributed by atoms with Crippen molar-refractivity contribution >= 4 is 27.5 Å². The van der Waals surface area contributed by atoms with E-state index in [0.29, 0.717) is 16.2 Å². The number of H-pyrrole nitrogens is 1. The van der Waals surface area contributed by atoms with E-state index in [0.717, 1.165) is 42.6 Å². The number of ether oxygens (including phenoxy) is 1. The van der Waals surface area contributed by atoms with Gasteiger partial charge in [-0.15, -0.1) is 0 Å². The molecule has 0 saturated heterocycles. The minimum absolute atomic E-state index is 0.0222. The Bertz CT molecular complexity index is 980. The molecule has 7 nitrogen and oxygen atoms in total. The molecule has 0 bridgehead atoms. The normalized spacial score (nSPS) is 17.1. The van der Waals surface area contributed by atoms with E-state index >= 15 is 0 Å². The van der Waals surface area contributed by atoms with Gasteiger partial charge in [-0.3, -0.25) is 9.78 Å². The van der Waals surface area contributed by atoms with Gasteiger partial charge in [0.15, 0.2) is 11.5 Å². The molecule has 2 heterocycles. The summed E-state index contributed by atoms with van der Waals surface area (Å²) in [4.78, 5) is 23.3. The van der Waals surface area contributed by atoms with E-state index < -0.39 is 5.54 Å². The number of aliphatic hydroxyl groups excluding tert-OH is 1. The van der Waals surface area contributed by atoms with Gasteiger partial charge in [-0.1, -0.05) is 54.5 Å². The predicted octanol–water partition coefficient (Wildman–Crippen LogP) is 3.24. The molecule has 8 heteroatoms. The second kappa shape index (κ2) is 7.28. The Kier molecular flexibility index (Phi) is 4.84. The summed E-state index contributed by atoms with van der Waals surface area (Å²) in [6.07, 6.45) is 3.61. The predicted molar refractivity (Wildman–Crippen MR) is 105 cm³/mol. The van der Waals surface area contributed by atoms with Gasteiger partial charge in [0, 0.05) is 0 Å². The van der Waals surface area contributed by atoms with Crippen LogP contribution in [0.5, 0.6) is 6.01 Å². The van der Waals surface area contributed by atoms with Crippen LogP contribution in [-0.4, -0.2) is 32.2 Å². The third-order valence-corrected chi connectivity index (χ3v) is 5.94. The number of aromatic amines is 1. The molecule has 3 aromatic rings. The maximum atomic E-state index is 11.9. The zero-order valence-corrected chi connectivity index (χ0v) is 15.9. The van der Waals surface area contributed by atoms with Crippen molar-refractivity contribution in [2.24, 2.45) is 0 Å². The molecule has 1 aromatic carbocycles. The number of nitrogens with zero attached hydrogens (tertiary/aromatic N) is 2. The Labute approximate surface area is 160 Å². The highest BCUT2D eigenvalue weighted by atomic mass is 32.1. The van der Waals surface area contributed by atoms with Crippen molar-refractivity contribution in [1.29, 1.82) is 0 Å². The topological polar surface area (TPSA) is 100 Å². The number of fused-ring (bicyclic) bond motifs is 1. The zero-order valence-electron chi connectivity index (χ0n) is 15.1. The monoisotopic (exact) mass is 386 g/mol. The van der Waals surface area contributed by atoms with E-state index in [4.69, 9.17) is 4.74 Å². The lowest BCUT2D eigenvalue weighted by molar-refractivity contribution is 0.206. The number of hydrogen-bond acceptors (Lipinski definition) is 7. The summed E-state index contributed by atoms with van der Waals surface area (Å²) >= 11 is 1.06. The quantitative estimate of drug-likeness (QED) is 0.601. The molecule has 0 spiro atoms. The summed E-state index contributed by atoms with van der Waals surface area (Å²) in [6, 6.07) is 10.0. The Morgan fingerprint density at radius 2 is 2.04 bits per heavy atom. The Morgan fingerprint density at radius 3 is 2.74 bits per heavy atom. The van der Waals surface area contributed by atoms with Gasteiger partial charge >= 0.3 is 10.9 Å². The number of benzene rings is 1. The first kappa shape index (κ1) is 17.9. The molecule has 3 N–H and O–H groups in total. The molecule has 0 amide bonds. The molecule has 27 heavy (non-hydrogen) atoms. The standard InChI is InChI=1S/C19H22N4O3S/c1-12(13-7-3-2-4-8-13)26-17-20-15-14(27-18(25)22-15)16(21-17)23-19(11-24)9-5-6-10-19/h2-4,7-8,12,24H,5-6,9-11H2,1H3,(H2,20,21,22,23,25)/t12-/m1/s1. The SMILES string of the molecule is C[C@@H](Oc1nc(NC2(CO)CCCC2)c2sc(=O)[nH]c2n1)c1ccccc1. The Hall–Kier alpha value is -2.45. The summed E-state index contributed by atoms with van der Waals surface area (Å²) in [5.74, 6) is 0.537. The van der Waals surface area contributed by atoms with Crippen LogP contribution in [0.2, 0.25) is 0 Å². The van der Waals surface area contributed by atoms with Gasteiger partial charge in [0.05, 0.1) is 12.1 Å². The lowest BCUT2D eigenvalue weighted by Gasteiger charge is -2.28. The molecule has 2 aromatic heterocycles. The van der Waals surface area contributed by atoms with Crippen molar-refractivity contribution in [2.75, 3.05) is 11.9 Å². The minimum atomic E-state index is -0.406. The number of aromatic nitrogens is 3. The van der Waals surface area contributed by atoms with Gasteiger partial charge in [0.2, 0.25) is 0 Å². The third kappa shape index (κ3) is 3.68. The van der Waals surface area contributed by atoms with Crippen molar-refractivity contribution < 1.29 is 9.84 Å². The first-order valence-corrected chi connectivity index (χ1v) is 9.92. The molecule has 1 saturated carbocycles. The first-order chi connectivity index (χ1) is 13.1. The van der Waals surface area contributed by atoms with E-state index in [9.17, 15) is 9.90 Å². The van der Waals surface area contributed by atoms with Crippen LogP contribution in [0.3, 0.4) is 0 Å². The molecule has 0 unspecified atom stereocenters. The summed E-state index contributed by atoms with van der Waals surface area (Å²) in [6.45, 7) is 1.95. The number of anilines is 1. The highest BCUT2D eigenvalue weighted by molar-refractivity contribution is 7.17. The molecule has 1 aliphatic carbocycles. The van der Waals surface area contributed by atoms with Crippen LogP contribution in [0.25, 0.3) is 10.3 Å². The smallest absolute Gasteiger partial charge is 0.321 e. The van der Waals surface area contributed by atoms with Crippen molar-refractivity contribution in [3.8, 4) is 6.01 Å². The van der Waals surface area contributed by atoms with Crippen molar-refractivity contribution in [2.45, 2.75) is 44.2 Å². The zero-order chi connectivity index (χ0) is 18.9. The number of aliphatic hydroxyl groups is 1. The fraction of sp³-hybridized carbons (Fsp3) is 0.421. The molecule has 1 atom stereocenters. The molecule has 142 valence electrons. The molecule has 1 fully saturated rings. The van der Waals surface area contributed by atoms with Crippen LogP contribution in [-0.2, 0) is 0 Å². The fourth-order valence-electron chi connectivity index (χ4n) is 3.54. The molecule has 1 aliphatic rings. The average Bonchev–Trinajstić information content (AvgIpc) is 3.29. The van der Waals surface area contributed by atoms with Crippen LogP contribution >= 0.6 is 11.3 Å². The largest absolute Gasteiger partial charge is 0.455 e. The lowest BCUT2D eigenvalue weighted by atomic mass is 9.99. The fourth-order valence-corrected chi connectivity index (χ4v) is 4.26. The average molecular weight is 386 g/mol. The van der Waals surface area contributed by atoms with E-state index in [2.05, 4.69) is 20.3 Å².